The molecule has 0 radical (unpaired) electrons. The second-order valence-corrected chi connectivity index (χ2v) is 7.78. The summed E-state index contributed by atoms with van der Waals surface area (Å²) in [4.78, 5) is 13.9. The van der Waals surface area contributed by atoms with Crippen LogP contribution in [0, 0.1) is 6.92 Å². The first-order chi connectivity index (χ1) is 14.5. The van der Waals surface area contributed by atoms with Crippen molar-refractivity contribution in [2.75, 3.05) is 19.0 Å². The Balaban J connectivity index is 1.65. The molecule has 0 saturated heterocycles. The number of imidazole rings is 1. The SMILES string of the molecule is COc1ccc(CCNc2nc(-c3cncc(C)c3)cn3c(C(C)C)ncc23)cc1. The molecular weight excluding hydrogens is 374 g/mol. The van der Waals surface area contributed by atoms with Crippen LogP contribution in [0.15, 0.2) is 55.1 Å². The molecule has 0 aliphatic heterocycles. The van der Waals surface area contributed by atoms with Crippen LogP contribution >= 0.6 is 0 Å². The number of aryl methyl sites for hydroxylation is 1. The summed E-state index contributed by atoms with van der Waals surface area (Å²) in [5.74, 6) is 3.04. The molecule has 30 heavy (non-hydrogen) atoms. The molecule has 6 nitrogen and oxygen atoms in total. The second-order valence-electron chi connectivity index (χ2n) is 7.78. The zero-order valence-electron chi connectivity index (χ0n) is 17.9. The monoisotopic (exact) mass is 401 g/mol. The van der Waals surface area contributed by atoms with Crippen molar-refractivity contribution in [2.45, 2.75) is 33.1 Å². The van der Waals surface area contributed by atoms with Gasteiger partial charge >= 0.3 is 0 Å². The van der Waals surface area contributed by atoms with Crippen LogP contribution in [0.1, 0.15) is 36.7 Å². The molecule has 0 atom stereocenters. The fourth-order valence-electron chi connectivity index (χ4n) is 3.52. The summed E-state index contributed by atoms with van der Waals surface area (Å²) in [6.45, 7) is 7.12. The maximum absolute atomic E-state index is 5.24. The van der Waals surface area contributed by atoms with Gasteiger partial charge in [-0.1, -0.05) is 26.0 Å². The second kappa shape index (κ2) is 8.53. The van der Waals surface area contributed by atoms with Crippen LogP contribution < -0.4 is 10.1 Å². The third kappa shape index (κ3) is 4.13. The molecule has 0 spiro atoms. The van der Waals surface area contributed by atoms with Gasteiger partial charge in [0.2, 0.25) is 0 Å². The fourth-order valence-corrected chi connectivity index (χ4v) is 3.52. The zero-order chi connectivity index (χ0) is 21.1. The van der Waals surface area contributed by atoms with E-state index in [1.54, 1.807) is 7.11 Å². The van der Waals surface area contributed by atoms with Gasteiger partial charge in [0.1, 0.15) is 17.1 Å². The van der Waals surface area contributed by atoms with E-state index in [-0.39, 0.29) is 0 Å². The minimum absolute atomic E-state index is 0.311. The number of nitrogens with one attached hydrogen (secondary N) is 1. The average Bonchev–Trinajstić information content (AvgIpc) is 3.19. The van der Waals surface area contributed by atoms with Gasteiger partial charge in [-0.05, 0) is 42.7 Å². The molecular formula is C24H27N5O. The topological polar surface area (TPSA) is 64.3 Å². The van der Waals surface area contributed by atoms with Gasteiger partial charge in [-0.25, -0.2) is 9.97 Å². The third-order valence-electron chi connectivity index (χ3n) is 5.10. The Kier molecular flexibility index (Phi) is 5.65. The van der Waals surface area contributed by atoms with Crippen LogP contribution in [0.3, 0.4) is 0 Å². The van der Waals surface area contributed by atoms with Gasteiger partial charge in [0, 0.05) is 36.6 Å². The first-order valence-corrected chi connectivity index (χ1v) is 10.2. The number of ether oxygens (including phenoxy) is 1. The van der Waals surface area contributed by atoms with Crippen molar-refractivity contribution in [3.8, 4) is 17.0 Å². The molecule has 1 N–H and O–H groups in total. The maximum atomic E-state index is 5.24. The van der Waals surface area contributed by atoms with E-state index in [1.807, 2.05) is 37.6 Å². The third-order valence-corrected chi connectivity index (χ3v) is 5.10. The minimum atomic E-state index is 0.311. The number of rotatable bonds is 7. The zero-order valence-corrected chi connectivity index (χ0v) is 17.9. The lowest BCUT2D eigenvalue weighted by molar-refractivity contribution is 0.414. The highest BCUT2D eigenvalue weighted by atomic mass is 16.5. The molecule has 3 heterocycles. The Morgan fingerprint density at radius 2 is 1.90 bits per heavy atom. The summed E-state index contributed by atoms with van der Waals surface area (Å²) >= 11 is 0. The Hall–Kier alpha value is -3.41. The van der Waals surface area contributed by atoms with Gasteiger partial charge < -0.3 is 10.1 Å². The number of benzene rings is 1. The molecule has 4 aromatic rings. The molecule has 0 aliphatic carbocycles. The van der Waals surface area contributed by atoms with Crippen LogP contribution in [0.2, 0.25) is 0 Å². The molecule has 0 amide bonds. The highest BCUT2D eigenvalue weighted by molar-refractivity contribution is 5.72. The molecule has 6 heteroatoms. The number of hydrogen-bond acceptors (Lipinski definition) is 5. The lowest BCUT2D eigenvalue weighted by Crippen LogP contribution is -2.09. The van der Waals surface area contributed by atoms with E-state index in [0.717, 1.165) is 52.7 Å². The van der Waals surface area contributed by atoms with Crippen LogP contribution in [0.5, 0.6) is 5.75 Å². The Labute approximate surface area is 177 Å². The molecule has 3 aromatic heterocycles. The van der Waals surface area contributed by atoms with Gasteiger partial charge in [-0.3, -0.25) is 9.38 Å². The van der Waals surface area contributed by atoms with Crippen molar-refractivity contribution in [1.82, 2.24) is 19.4 Å². The fraction of sp³-hybridized carbons (Fsp3) is 0.292. The number of hydrogen-bond donors (Lipinski definition) is 1. The van der Waals surface area contributed by atoms with Gasteiger partial charge in [0.15, 0.2) is 5.82 Å². The van der Waals surface area contributed by atoms with Crippen molar-refractivity contribution in [2.24, 2.45) is 0 Å². The largest absolute Gasteiger partial charge is 0.497 e. The quantitative estimate of drug-likeness (QED) is 0.478. The van der Waals surface area contributed by atoms with Gasteiger partial charge in [0.05, 0.1) is 19.0 Å². The highest BCUT2D eigenvalue weighted by Gasteiger charge is 2.14. The number of fused-ring (bicyclic) bond motifs is 1. The van der Waals surface area contributed by atoms with Crippen molar-refractivity contribution in [3.05, 3.63) is 72.1 Å². The number of methoxy groups -OCH3 is 1. The number of pyridine rings is 1. The van der Waals surface area contributed by atoms with Crippen molar-refractivity contribution < 1.29 is 4.74 Å². The van der Waals surface area contributed by atoms with Gasteiger partial charge in [-0.15, -0.1) is 0 Å². The van der Waals surface area contributed by atoms with Crippen molar-refractivity contribution in [3.63, 3.8) is 0 Å². The summed E-state index contributed by atoms with van der Waals surface area (Å²) in [6.07, 6.45) is 8.55. The standard InChI is InChI=1S/C24H27N5O/c1-16(2)24-27-14-22-23(26-10-9-18-5-7-20(30-4)8-6-18)28-21(15-29(22)24)19-11-17(3)12-25-13-19/h5-8,11-16H,9-10H2,1-4H3,(H,26,28). The summed E-state index contributed by atoms with van der Waals surface area (Å²) in [6, 6.07) is 10.3. The normalized spacial score (nSPS) is 11.2. The Morgan fingerprint density at radius 3 is 2.60 bits per heavy atom. The highest BCUT2D eigenvalue weighted by Crippen LogP contribution is 2.26. The number of nitrogens with zero attached hydrogens (tertiary/aromatic N) is 4. The van der Waals surface area contributed by atoms with E-state index >= 15 is 0 Å². The van der Waals surface area contributed by atoms with E-state index in [4.69, 9.17) is 9.72 Å². The predicted octanol–water partition coefficient (Wildman–Crippen LogP) is 4.89. The van der Waals surface area contributed by atoms with E-state index in [1.165, 1.54) is 5.56 Å². The summed E-state index contributed by atoms with van der Waals surface area (Å²) in [5.41, 5.74) is 5.22. The maximum Gasteiger partial charge on any atom is 0.152 e. The number of aromatic nitrogens is 4. The first kappa shape index (κ1) is 19.9. The minimum Gasteiger partial charge on any atom is -0.497 e. The lowest BCUT2D eigenvalue weighted by Gasteiger charge is -2.13. The summed E-state index contributed by atoms with van der Waals surface area (Å²) in [7, 11) is 1.68. The molecule has 0 fully saturated rings. The molecule has 0 saturated carbocycles. The lowest BCUT2D eigenvalue weighted by atomic mass is 10.1. The van der Waals surface area contributed by atoms with Crippen molar-refractivity contribution >= 4 is 11.3 Å². The van der Waals surface area contributed by atoms with E-state index in [0.29, 0.717) is 5.92 Å². The molecule has 0 unspecified atom stereocenters. The van der Waals surface area contributed by atoms with E-state index < -0.39 is 0 Å². The van der Waals surface area contributed by atoms with E-state index in [9.17, 15) is 0 Å². The van der Waals surface area contributed by atoms with Crippen LogP contribution in [0.4, 0.5) is 5.82 Å². The van der Waals surface area contributed by atoms with Crippen LogP contribution in [-0.4, -0.2) is 33.0 Å². The predicted molar refractivity (Wildman–Crippen MR) is 120 cm³/mol. The Bertz CT molecular complexity index is 1150. The molecule has 0 bridgehead atoms. The summed E-state index contributed by atoms with van der Waals surface area (Å²) in [5, 5.41) is 3.52. The number of anilines is 1. The Morgan fingerprint density at radius 1 is 1.10 bits per heavy atom. The molecule has 154 valence electrons. The average molecular weight is 402 g/mol. The van der Waals surface area contributed by atoms with Crippen LogP contribution in [0.25, 0.3) is 16.8 Å². The smallest absolute Gasteiger partial charge is 0.152 e. The van der Waals surface area contributed by atoms with Gasteiger partial charge in [0.25, 0.3) is 0 Å². The molecule has 0 aliphatic rings. The summed E-state index contributed by atoms with van der Waals surface area (Å²) < 4.78 is 7.38. The molecule has 4 rings (SSSR count). The van der Waals surface area contributed by atoms with Gasteiger partial charge in [-0.2, -0.15) is 0 Å². The van der Waals surface area contributed by atoms with Crippen LogP contribution in [-0.2, 0) is 6.42 Å². The van der Waals surface area contributed by atoms with E-state index in [2.05, 4.69) is 57.9 Å². The molecule has 1 aromatic carbocycles. The van der Waals surface area contributed by atoms with Crippen molar-refractivity contribution in [1.29, 1.82) is 0 Å². The first-order valence-electron chi connectivity index (χ1n) is 10.2.